The number of thiazole rings is 1. The Labute approximate surface area is 102 Å². The molecule has 8 heteroatoms. The van der Waals surface area contributed by atoms with Crippen LogP contribution in [0, 0.1) is 0 Å². The molecule has 0 spiro atoms. The first kappa shape index (κ1) is 13.2. The van der Waals surface area contributed by atoms with E-state index in [9.17, 15) is 8.42 Å². The van der Waals surface area contributed by atoms with E-state index in [1.807, 2.05) is 13.2 Å². The summed E-state index contributed by atoms with van der Waals surface area (Å²) < 4.78 is 26.2. The predicted molar refractivity (Wildman–Crippen MR) is 65.3 cm³/mol. The molecule has 1 N–H and O–H groups in total. The van der Waals surface area contributed by atoms with Crippen LogP contribution in [0.3, 0.4) is 0 Å². The van der Waals surface area contributed by atoms with Crippen molar-refractivity contribution < 1.29 is 8.42 Å². The summed E-state index contributed by atoms with van der Waals surface area (Å²) in [5, 5.41) is 0.239. The number of halogens is 1. The third kappa shape index (κ3) is 3.92. The molecule has 15 heavy (non-hydrogen) atoms. The van der Waals surface area contributed by atoms with E-state index < -0.39 is 10.0 Å². The molecule has 0 fully saturated rings. The maximum atomic E-state index is 11.7. The van der Waals surface area contributed by atoms with Gasteiger partial charge in [-0.15, -0.1) is 0 Å². The number of nitrogens with one attached hydrogen (secondary N) is 1. The van der Waals surface area contributed by atoms with Gasteiger partial charge in [0.2, 0.25) is 0 Å². The van der Waals surface area contributed by atoms with Gasteiger partial charge in [0.1, 0.15) is 0 Å². The van der Waals surface area contributed by atoms with Crippen LogP contribution < -0.4 is 4.72 Å². The summed E-state index contributed by atoms with van der Waals surface area (Å²) in [4.78, 5) is 3.69. The van der Waals surface area contributed by atoms with Gasteiger partial charge in [-0.1, -0.05) is 29.9 Å². The van der Waals surface area contributed by atoms with Crippen molar-refractivity contribution in [1.29, 1.82) is 0 Å². The summed E-state index contributed by atoms with van der Waals surface area (Å²) in [5.41, 5.74) is 0. The lowest BCUT2D eigenvalue weighted by atomic mass is 10.5. The highest BCUT2D eigenvalue weighted by Gasteiger charge is 2.17. The van der Waals surface area contributed by atoms with E-state index in [1.54, 1.807) is 11.8 Å². The Balaban J connectivity index is 2.68. The van der Waals surface area contributed by atoms with Crippen LogP contribution in [0.4, 0.5) is 0 Å². The Kier molecular flexibility index (Phi) is 4.85. The molecule has 0 saturated heterocycles. The smallest absolute Gasteiger partial charge is 0.232 e. The number of sulfonamides is 1. The van der Waals surface area contributed by atoms with Gasteiger partial charge >= 0.3 is 0 Å². The minimum absolute atomic E-state index is 0.154. The topological polar surface area (TPSA) is 59.1 Å². The lowest BCUT2D eigenvalue weighted by Gasteiger charge is -2.08. The molecule has 4 nitrogen and oxygen atoms in total. The van der Waals surface area contributed by atoms with Gasteiger partial charge in [0.15, 0.2) is 8.68 Å². The summed E-state index contributed by atoms with van der Waals surface area (Å²) >= 11 is 8.12. The summed E-state index contributed by atoms with van der Waals surface area (Å²) in [6, 6.07) is 0. The van der Waals surface area contributed by atoms with Crippen LogP contribution >= 0.6 is 34.7 Å². The number of thioether (sulfide) groups is 1. The number of nitrogens with zero attached hydrogens (tertiary/aromatic N) is 1. The van der Waals surface area contributed by atoms with Crippen molar-refractivity contribution in [3.63, 3.8) is 0 Å². The third-order valence-electron chi connectivity index (χ3n) is 1.68. The van der Waals surface area contributed by atoms with E-state index >= 15 is 0 Å². The van der Waals surface area contributed by atoms with Gasteiger partial charge in [-0.2, -0.15) is 11.8 Å². The fourth-order valence-corrected chi connectivity index (χ4v) is 3.57. The lowest BCUT2D eigenvalue weighted by Crippen LogP contribution is -2.28. The van der Waals surface area contributed by atoms with Gasteiger partial charge in [-0.3, -0.25) is 0 Å². The van der Waals surface area contributed by atoms with Crippen molar-refractivity contribution in [2.75, 3.05) is 12.8 Å². The SMILES string of the molecule is CSC(C)CNS(=O)(=O)c1cnc(Cl)s1. The average Bonchev–Trinajstić information content (AvgIpc) is 2.62. The molecule has 0 amide bonds. The van der Waals surface area contributed by atoms with Gasteiger partial charge in [0, 0.05) is 11.8 Å². The molecule has 0 bridgehead atoms. The molecule has 86 valence electrons. The zero-order valence-electron chi connectivity index (χ0n) is 8.23. The number of hydrogen-bond donors (Lipinski definition) is 1. The van der Waals surface area contributed by atoms with Gasteiger partial charge in [0.05, 0.1) is 6.20 Å². The van der Waals surface area contributed by atoms with Gasteiger partial charge in [0.25, 0.3) is 10.0 Å². The molecule has 0 aromatic carbocycles. The molecule has 0 radical (unpaired) electrons. The van der Waals surface area contributed by atoms with Crippen LogP contribution in [0.5, 0.6) is 0 Å². The summed E-state index contributed by atoms with van der Waals surface area (Å²) in [7, 11) is -3.44. The number of aromatic nitrogens is 1. The fourth-order valence-electron chi connectivity index (χ4n) is 0.745. The largest absolute Gasteiger partial charge is 0.251 e. The van der Waals surface area contributed by atoms with Gasteiger partial charge < -0.3 is 0 Å². The third-order valence-corrected chi connectivity index (χ3v) is 5.66. The maximum absolute atomic E-state index is 11.7. The number of rotatable bonds is 5. The molecule has 1 unspecified atom stereocenters. The predicted octanol–water partition coefficient (Wildman–Crippen LogP) is 1.83. The van der Waals surface area contributed by atoms with Crippen LogP contribution in [-0.4, -0.2) is 31.5 Å². The van der Waals surface area contributed by atoms with Crippen molar-refractivity contribution in [2.45, 2.75) is 16.4 Å². The Morgan fingerprint density at radius 1 is 1.73 bits per heavy atom. The van der Waals surface area contributed by atoms with Crippen molar-refractivity contribution in [3.8, 4) is 0 Å². The van der Waals surface area contributed by atoms with Gasteiger partial charge in [-0.25, -0.2) is 18.1 Å². The summed E-state index contributed by atoms with van der Waals surface area (Å²) in [5.74, 6) is 0. The molecule has 0 saturated carbocycles. The first-order valence-corrected chi connectivity index (χ1v) is 8.06. The van der Waals surface area contributed by atoms with Crippen LogP contribution in [0.15, 0.2) is 10.4 Å². The van der Waals surface area contributed by atoms with E-state index in [-0.39, 0.29) is 13.9 Å². The molecular formula is C7H11ClN2O2S3. The molecule has 1 rings (SSSR count). The standard InChI is InChI=1S/C7H11ClN2O2S3/c1-5(13-2)3-10-15(11,12)6-4-9-7(8)14-6/h4-5,10H,3H2,1-2H3. The minimum atomic E-state index is -3.44. The zero-order valence-corrected chi connectivity index (χ0v) is 11.4. The Hall–Kier alpha value is 0.180. The molecule has 0 aliphatic rings. The second kappa shape index (κ2) is 5.49. The van der Waals surface area contributed by atoms with Crippen molar-refractivity contribution in [1.82, 2.24) is 9.71 Å². The van der Waals surface area contributed by atoms with Crippen molar-refractivity contribution in [2.24, 2.45) is 0 Å². The summed E-state index contributed by atoms with van der Waals surface area (Å²) in [6.07, 6.45) is 3.20. The zero-order chi connectivity index (χ0) is 11.5. The van der Waals surface area contributed by atoms with Crippen LogP contribution in [0.1, 0.15) is 6.92 Å². The normalized spacial score (nSPS) is 14.1. The highest BCUT2D eigenvalue weighted by atomic mass is 35.5. The highest BCUT2D eigenvalue weighted by Crippen LogP contribution is 2.22. The van der Waals surface area contributed by atoms with Gasteiger partial charge in [-0.05, 0) is 6.26 Å². The molecule has 1 aromatic rings. The number of hydrogen-bond acceptors (Lipinski definition) is 5. The van der Waals surface area contributed by atoms with Crippen LogP contribution in [0.2, 0.25) is 4.47 Å². The molecular weight excluding hydrogens is 276 g/mol. The minimum Gasteiger partial charge on any atom is -0.232 e. The first-order chi connectivity index (χ1) is 6.95. The highest BCUT2D eigenvalue weighted by molar-refractivity contribution is 7.99. The molecule has 1 atom stereocenters. The second-order valence-electron chi connectivity index (χ2n) is 2.83. The maximum Gasteiger partial charge on any atom is 0.251 e. The molecule has 0 aliphatic heterocycles. The van der Waals surface area contributed by atoms with E-state index in [0.717, 1.165) is 11.3 Å². The van der Waals surface area contributed by atoms with Crippen LogP contribution in [-0.2, 0) is 10.0 Å². The van der Waals surface area contributed by atoms with Crippen molar-refractivity contribution >= 4 is 44.7 Å². The first-order valence-electron chi connectivity index (χ1n) is 4.09. The Morgan fingerprint density at radius 3 is 2.87 bits per heavy atom. The fraction of sp³-hybridized carbons (Fsp3) is 0.571. The van der Waals surface area contributed by atoms with Crippen LogP contribution in [0.25, 0.3) is 0 Å². The quantitative estimate of drug-likeness (QED) is 0.897. The van der Waals surface area contributed by atoms with Crippen molar-refractivity contribution in [3.05, 3.63) is 10.7 Å². The lowest BCUT2D eigenvalue weighted by molar-refractivity contribution is 0.583. The monoisotopic (exact) mass is 286 g/mol. The average molecular weight is 287 g/mol. The molecule has 0 aliphatic carbocycles. The van der Waals surface area contributed by atoms with E-state index in [2.05, 4.69) is 9.71 Å². The van der Waals surface area contributed by atoms with E-state index in [0.29, 0.717) is 6.54 Å². The molecule has 1 aromatic heterocycles. The summed E-state index contributed by atoms with van der Waals surface area (Å²) in [6.45, 7) is 2.35. The Morgan fingerprint density at radius 2 is 2.40 bits per heavy atom. The molecule has 1 heterocycles. The second-order valence-corrected chi connectivity index (χ2v) is 7.71. The Bertz CT molecular complexity index is 418. The van der Waals surface area contributed by atoms with E-state index in [4.69, 9.17) is 11.6 Å². The van der Waals surface area contributed by atoms with E-state index in [1.165, 1.54) is 6.20 Å².